The highest BCUT2D eigenvalue weighted by Crippen LogP contribution is 2.26. The number of likely N-dealkylation sites (tertiary alicyclic amines) is 1. The van der Waals surface area contributed by atoms with E-state index >= 15 is 0 Å². The van der Waals surface area contributed by atoms with Crippen molar-refractivity contribution in [1.29, 1.82) is 0 Å². The molecule has 0 aromatic heterocycles. The van der Waals surface area contributed by atoms with E-state index in [4.69, 9.17) is 4.99 Å². The minimum Gasteiger partial charge on any atom is -0.357 e. The highest BCUT2D eigenvalue weighted by molar-refractivity contribution is 5.80. The molecule has 1 aromatic rings. The topological polar surface area (TPSA) is 34.1 Å². The fourth-order valence-corrected chi connectivity index (χ4v) is 4.00. The van der Waals surface area contributed by atoms with Gasteiger partial charge in [0.05, 0.1) is 6.54 Å². The monoisotopic (exact) mass is 357 g/mol. The lowest BCUT2D eigenvalue weighted by Crippen LogP contribution is -2.47. The van der Waals surface area contributed by atoms with Crippen LogP contribution in [-0.2, 0) is 0 Å². The van der Waals surface area contributed by atoms with Crippen molar-refractivity contribution in [3.8, 4) is 0 Å². The number of piperazine rings is 1. The van der Waals surface area contributed by atoms with Crippen LogP contribution in [0.4, 0.5) is 0 Å². The SMILES string of the molecule is CCNC(=NCCN1CCN(CC)CC1)N1CCC(c2ccccc2)C1. The molecule has 0 radical (unpaired) electrons. The predicted octanol–water partition coefficient (Wildman–Crippen LogP) is 2.08. The minimum absolute atomic E-state index is 0.627. The van der Waals surface area contributed by atoms with E-state index in [1.54, 1.807) is 0 Å². The maximum absolute atomic E-state index is 4.93. The molecule has 144 valence electrons. The molecule has 5 nitrogen and oxygen atoms in total. The van der Waals surface area contributed by atoms with Gasteiger partial charge in [-0.2, -0.15) is 0 Å². The lowest BCUT2D eigenvalue weighted by Gasteiger charge is -2.33. The summed E-state index contributed by atoms with van der Waals surface area (Å²) in [5, 5.41) is 3.50. The van der Waals surface area contributed by atoms with Crippen LogP contribution in [-0.4, -0.2) is 86.1 Å². The summed E-state index contributed by atoms with van der Waals surface area (Å²) < 4.78 is 0. The van der Waals surface area contributed by atoms with E-state index in [1.165, 1.54) is 44.7 Å². The van der Waals surface area contributed by atoms with E-state index in [-0.39, 0.29) is 0 Å². The van der Waals surface area contributed by atoms with Crippen LogP contribution >= 0.6 is 0 Å². The fourth-order valence-electron chi connectivity index (χ4n) is 4.00. The average Bonchev–Trinajstić information content (AvgIpc) is 3.19. The summed E-state index contributed by atoms with van der Waals surface area (Å²) >= 11 is 0. The first kappa shape index (κ1) is 19.2. The van der Waals surface area contributed by atoms with Crippen molar-refractivity contribution in [2.24, 2.45) is 4.99 Å². The summed E-state index contributed by atoms with van der Waals surface area (Å²) in [6.07, 6.45) is 1.22. The zero-order valence-corrected chi connectivity index (χ0v) is 16.5. The summed E-state index contributed by atoms with van der Waals surface area (Å²) in [5.74, 6) is 1.72. The molecular formula is C21H35N5. The standard InChI is InChI=1S/C21H35N5/c1-3-22-21(23-11-13-25-16-14-24(4-2)15-17-25)26-12-10-20(18-26)19-8-6-5-7-9-19/h5-9,20H,3-4,10-18H2,1-2H3,(H,22,23). The molecule has 1 atom stereocenters. The van der Waals surface area contributed by atoms with Gasteiger partial charge in [0.2, 0.25) is 0 Å². The molecular weight excluding hydrogens is 322 g/mol. The van der Waals surface area contributed by atoms with Crippen molar-refractivity contribution in [3.05, 3.63) is 35.9 Å². The van der Waals surface area contributed by atoms with E-state index in [0.717, 1.165) is 38.7 Å². The third-order valence-corrected chi connectivity index (χ3v) is 5.68. The van der Waals surface area contributed by atoms with E-state index < -0.39 is 0 Å². The Bertz CT molecular complexity index is 551. The van der Waals surface area contributed by atoms with Gasteiger partial charge >= 0.3 is 0 Å². The van der Waals surface area contributed by atoms with Crippen molar-refractivity contribution in [2.45, 2.75) is 26.2 Å². The molecule has 0 bridgehead atoms. The molecule has 0 amide bonds. The second-order valence-electron chi connectivity index (χ2n) is 7.35. The van der Waals surface area contributed by atoms with Gasteiger partial charge in [0.1, 0.15) is 0 Å². The lowest BCUT2D eigenvalue weighted by atomic mass is 9.99. The van der Waals surface area contributed by atoms with Crippen LogP contribution in [0, 0.1) is 0 Å². The van der Waals surface area contributed by atoms with E-state index in [9.17, 15) is 0 Å². The molecule has 0 aliphatic carbocycles. The number of guanidine groups is 1. The highest BCUT2D eigenvalue weighted by atomic mass is 15.3. The number of rotatable bonds is 6. The van der Waals surface area contributed by atoms with Crippen molar-refractivity contribution in [2.75, 3.05) is 65.4 Å². The normalized spacial score (nSPS) is 22.8. The van der Waals surface area contributed by atoms with Crippen LogP contribution in [0.2, 0.25) is 0 Å². The summed E-state index contributed by atoms with van der Waals surface area (Å²) in [6.45, 7) is 15.4. The highest BCUT2D eigenvalue weighted by Gasteiger charge is 2.26. The second kappa shape index (κ2) is 9.93. The Kier molecular flexibility index (Phi) is 7.32. The van der Waals surface area contributed by atoms with Gasteiger partial charge in [-0.3, -0.25) is 9.89 Å². The molecule has 1 unspecified atom stereocenters. The molecule has 0 saturated carbocycles. The quantitative estimate of drug-likeness (QED) is 0.624. The van der Waals surface area contributed by atoms with Gasteiger partial charge < -0.3 is 15.1 Å². The number of nitrogens with zero attached hydrogens (tertiary/aromatic N) is 4. The van der Waals surface area contributed by atoms with E-state index in [2.05, 4.69) is 64.2 Å². The Morgan fingerprint density at radius 1 is 1.04 bits per heavy atom. The average molecular weight is 358 g/mol. The molecule has 1 N–H and O–H groups in total. The van der Waals surface area contributed by atoms with Crippen LogP contribution in [0.15, 0.2) is 35.3 Å². The zero-order valence-electron chi connectivity index (χ0n) is 16.5. The van der Waals surface area contributed by atoms with Crippen LogP contribution < -0.4 is 5.32 Å². The molecule has 2 saturated heterocycles. The Morgan fingerprint density at radius 3 is 2.46 bits per heavy atom. The largest absolute Gasteiger partial charge is 0.357 e. The van der Waals surface area contributed by atoms with Gasteiger partial charge in [-0.25, -0.2) is 0 Å². The Hall–Kier alpha value is -1.59. The summed E-state index contributed by atoms with van der Waals surface area (Å²) in [7, 11) is 0. The lowest BCUT2D eigenvalue weighted by molar-refractivity contribution is 0.140. The second-order valence-corrected chi connectivity index (χ2v) is 7.35. The van der Waals surface area contributed by atoms with Gasteiger partial charge in [-0.1, -0.05) is 37.3 Å². The number of hydrogen-bond donors (Lipinski definition) is 1. The van der Waals surface area contributed by atoms with Crippen LogP contribution in [0.1, 0.15) is 31.7 Å². The molecule has 26 heavy (non-hydrogen) atoms. The van der Waals surface area contributed by atoms with Crippen molar-refractivity contribution >= 4 is 5.96 Å². The first-order chi connectivity index (χ1) is 12.8. The third kappa shape index (κ3) is 5.21. The predicted molar refractivity (Wildman–Crippen MR) is 110 cm³/mol. The Morgan fingerprint density at radius 2 is 1.77 bits per heavy atom. The first-order valence-corrected chi connectivity index (χ1v) is 10.3. The Labute approximate surface area is 159 Å². The minimum atomic E-state index is 0.627. The maximum atomic E-state index is 4.93. The summed E-state index contributed by atoms with van der Waals surface area (Å²) in [6, 6.07) is 10.9. The third-order valence-electron chi connectivity index (χ3n) is 5.68. The molecule has 5 heteroatoms. The van der Waals surface area contributed by atoms with E-state index in [1.807, 2.05) is 0 Å². The molecule has 3 rings (SSSR count). The molecule has 2 fully saturated rings. The molecule has 1 aromatic carbocycles. The molecule has 2 aliphatic rings. The van der Waals surface area contributed by atoms with Gasteiger partial charge in [0.25, 0.3) is 0 Å². The number of benzene rings is 1. The molecule has 2 aliphatic heterocycles. The first-order valence-electron chi connectivity index (χ1n) is 10.3. The van der Waals surface area contributed by atoms with Crippen LogP contribution in [0.25, 0.3) is 0 Å². The van der Waals surface area contributed by atoms with Gasteiger partial charge in [-0.15, -0.1) is 0 Å². The number of hydrogen-bond acceptors (Lipinski definition) is 3. The summed E-state index contributed by atoms with van der Waals surface area (Å²) in [5.41, 5.74) is 1.46. The van der Waals surface area contributed by atoms with Crippen LogP contribution in [0.5, 0.6) is 0 Å². The smallest absolute Gasteiger partial charge is 0.193 e. The number of nitrogens with one attached hydrogen (secondary N) is 1. The van der Waals surface area contributed by atoms with Crippen molar-refractivity contribution < 1.29 is 0 Å². The maximum Gasteiger partial charge on any atom is 0.193 e. The Balaban J connectivity index is 1.50. The zero-order chi connectivity index (χ0) is 18.2. The van der Waals surface area contributed by atoms with Crippen molar-refractivity contribution in [1.82, 2.24) is 20.0 Å². The molecule has 0 spiro atoms. The number of likely N-dealkylation sites (N-methyl/N-ethyl adjacent to an activating group) is 1. The van der Waals surface area contributed by atoms with E-state index in [0.29, 0.717) is 5.92 Å². The van der Waals surface area contributed by atoms with Gasteiger partial charge in [0, 0.05) is 58.3 Å². The van der Waals surface area contributed by atoms with Crippen LogP contribution in [0.3, 0.4) is 0 Å². The summed E-state index contributed by atoms with van der Waals surface area (Å²) in [4.78, 5) is 12.5. The number of aliphatic imine (C=N–C) groups is 1. The fraction of sp³-hybridized carbons (Fsp3) is 0.667. The van der Waals surface area contributed by atoms with Gasteiger partial charge in [-0.05, 0) is 25.5 Å². The molecule has 2 heterocycles. The van der Waals surface area contributed by atoms with Gasteiger partial charge in [0.15, 0.2) is 5.96 Å². The van der Waals surface area contributed by atoms with Crippen molar-refractivity contribution in [3.63, 3.8) is 0 Å².